The van der Waals surface area contributed by atoms with E-state index in [-0.39, 0.29) is 6.04 Å². The zero-order valence-corrected chi connectivity index (χ0v) is 11.7. The zero-order chi connectivity index (χ0) is 13.1. The lowest BCUT2D eigenvalue weighted by atomic mass is 9.98. The third-order valence-corrected chi connectivity index (χ3v) is 3.75. The Kier molecular flexibility index (Phi) is 4.28. The monoisotopic (exact) mass is 279 g/mol. The SMILES string of the molecule is Cc1cccc(CC(N)c2cccc(Cl)c2Cl)c1. The average Bonchev–Trinajstić information content (AvgIpc) is 2.32. The van der Waals surface area contributed by atoms with Crippen molar-refractivity contribution in [2.75, 3.05) is 0 Å². The molecule has 2 aromatic carbocycles. The maximum atomic E-state index is 6.20. The van der Waals surface area contributed by atoms with Gasteiger partial charge >= 0.3 is 0 Å². The van der Waals surface area contributed by atoms with Crippen molar-refractivity contribution in [3.05, 3.63) is 69.2 Å². The van der Waals surface area contributed by atoms with E-state index in [4.69, 9.17) is 28.9 Å². The summed E-state index contributed by atoms with van der Waals surface area (Å²) in [6, 6.07) is 13.8. The highest BCUT2D eigenvalue weighted by Gasteiger charge is 2.12. The second-order valence-electron chi connectivity index (χ2n) is 4.44. The van der Waals surface area contributed by atoms with Crippen molar-refractivity contribution in [2.24, 2.45) is 5.73 Å². The summed E-state index contributed by atoms with van der Waals surface area (Å²) >= 11 is 12.2. The molecular weight excluding hydrogens is 265 g/mol. The Bertz CT molecular complexity index is 552. The Hall–Kier alpha value is -1.02. The maximum absolute atomic E-state index is 6.20. The van der Waals surface area contributed by atoms with Gasteiger partial charge in [0.05, 0.1) is 10.0 Å². The molecule has 0 aliphatic carbocycles. The van der Waals surface area contributed by atoms with Crippen LogP contribution < -0.4 is 5.73 Å². The lowest BCUT2D eigenvalue weighted by Crippen LogP contribution is -2.14. The van der Waals surface area contributed by atoms with Crippen molar-refractivity contribution in [2.45, 2.75) is 19.4 Å². The van der Waals surface area contributed by atoms with Gasteiger partial charge in [0, 0.05) is 6.04 Å². The summed E-state index contributed by atoms with van der Waals surface area (Å²) < 4.78 is 0. The molecule has 2 aromatic rings. The number of aryl methyl sites for hydroxylation is 1. The molecule has 0 saturated carbocycles. The van der Waals surface area contributed by atoms with Gasteiger partial charge in [-0.25, -0.2) is 0 Å². The first-order valence-electron chi connectivity index (χ1n) is 5.83. The lowest BCUT2D eigenvalue weighted by molar-refractivity contribution is 0.722. The van der Waals surface area contributed by atoms with Crippen LogP contribution in [0.15, 0.2) is 42.5 Å². The normalized spacial score (nSPS) is 12.4. The van der Waals surface area contributed by atoms with E-state index in [1.807, 2.05) is 18.2 Å². The van der Waals surface area contributed by atoms with Gasteiger partial charge in [-0.05, 0) is 30.5 Å². The van der Waals surface area contributed by atoms with Crippen molar-refractivity contribution >= 4 is 23.2 Å². The summed E-state index contributed by atoms with van der Waals surface area (Å²) in [4.78, 5) is 0. The molecule has 94 valence electrons. The Labute approximate surface area is 118 Å². The van der Waals surface area contributed by atoms with Crippen LogP contribution in [0.3, 0.4) is 0 Å². The standard InChI is InChI=1S/C15H15Cl2N/c1-10-4-2-5-11(8-10)9-14(18)12-6-3-7-13(16)15(12)17/h2-8,14H,9,18H2,1H3. The second-order valence-corrected chi connectivity index (χ2v) is 5.23. The van der Waals surface area contributed by atoms with Crippen LogP contribution in [0, 0.1) is 6.92 Å². The average molecular weight is 280 g/mol. The van der Waals surface area contributed by atoms with E-state index >= 15 is 0 Å². The largest absolute Gasteiger partial charge is 0.324 e. The van der Waals surface area contributed by atoms with Crippen molar-refractivity contribution < 1.29 is 0 Å². The minimum Gasteiger partial charge on any atom is -0.324 e. The molecule has 0 radical (unpaired) electrons. The van der Waals surface area contributed by atoms with Crippen LogP contribution in [-0.4, -0.2) is 0 Å². The molecule has 2 N–H and O–H groups in total. The predicted octanol–water partition coefficient (Wildman–Crippen LogP) is 4.54. The quantitative estimate of drug-likeness (QED) is 0.877. The van der Waals surface area contributed by atoms with E-state index in [9.17, 15) is 0 Å². The minimum atomic E-state index is -0.141. The summed E-state index contributed by atoms with van der Waals surface area (Å²) in [5.41, 5.74) is 9.54. The zero-order valence-electron chi connectivity index (χ0n) is 10.2. The number of hydrogen-bond donors (Lipinski definition) is 1. The topological polar surface area (TPSA) is 26.0 Å². The minimum absolute atomic E-state index is 0.141. The van der Waals surface area contributed by atoms with E-state index in [2.05, 4.69) is 25.1 Å². The molecule has 18 heavy (non-hydrogen) atoms. The molecule has 1 atom stereocenters. The molecule has 0 spiro atoms. The molecule has 0 saturated heterocycles. The summed E-state index contributed by atoms with van der Waals surface area (Å²) in [7, 11) is 0. The number of rotatable bonds is 3. The number of halogens is 2. The van der Waals surface area contributed by atoms with Gasteiger partial charge in [0.15, 0.2) is 0 Å². The molecule has 0 aliphatic heterocycles. The first-order chi connectivity index (χ1) is 8.58. The van der Waals surface area contributed by atoms with Crippen molar-refractivity contribution in [3.8, 4) is 0 Å². The van der Waals surface area contributed by atoms with Crippen LogP contribution >= 0.6 is 23.2 Å². The highest BCUT2D eigenvalue weighted by Crippen LogP contribution is 2.30. The molecule has 0 bridgehead atoms. The van der Waals surface area contributed by atoms with Crippen LogP contribution in [0.4, 0.5) is 0 Å². The fourth-order valence-corrected chi connectivity index (χ4v) is 2.46. The number of benzene rings is 2. The van der Waals surface area contributed by atoms with Crippen LogP contribution in [0.2, 0.25) is 10.0 Å². The van der Waals surface area contributed by atoms with Crippen LogP contribution in [0.5, 0.6) is 0 Å². The summed E-state index contributed by atoms with van der Waals surface area (Å²) in [5, 5.41) is 1.10. The van der Waals surface area contributed by atoms with Gasteiger partial charge in [-0.1, -0.05) is 65.2 Å². The van der Waals surface area contributed by atoms with Gasteiger partial charge in [0.25, 0.3) is 0 Å². The summed E-state index contributed by atoms with van der Waals surface area (Å²) in [6.07, 6.45) is 0.752. The molecular formula is C15H15Cl2N. The fraction of sp³-hybridized carbons (Fsp3) is 0.200. The van der Waals surface area contributed by atoms with Gasteiger partial charge in [-0.15, -0.1) is 0 Å². The second kappa shape index (κ2) is 5.75. The van der Waals surface area contributed by atoms with Gasteiger partial charge in [-0.3, -0.25) is 0 Å². The molecule has 0 heterocycles. The molecule has 0 fully saturated rings. The number of nitrogens with two attached hydrogens (primary N) is 1. The maximum Gasteiger partial charge on any atom is 0.0640 e. The molecule has 0 amide bonds. The van der Waals surface area contributed by atoms with Crippen molar-refractivity contribution in [3.63, 3.8) is 0 Å². The highest BCUT2D eigenvalue weighted by atomic mass is 35.5. The first-order valence-corrected chi connectivity index (χ1v) is 6.58. The third-order valence-electron chi connectivity index (χ3n) is 2.92. The van der Waals surface area contributed by atoms with Crippen LogP contribution in [0.25, 0.3) is 0 Å². The summed E-state index contributed by atoms with van der Waals surface area (Å²) in [6.45, 7) is 2.07. The molecule has 0 aliphatic rings. The molecule has 2 rings (SSSR count). The fourth-order valence-electron chi connectivity index (χ4n) is 2.01. The van der Waals surface area contributed by atoms with E-state index in [1.54, 1.807) is 6.07 Å². The Balaban J connectivity index is 2.22. The molecule has 1 nitrogen and oxygen atoms in total. The lowest BCUT2D eigenvalue weighted by Gasteiger charge is -2.14. The first kappa shape index (κ1) is 13.4. The third kappa shape index (κ3) is 3.05. The Morgan fingerprint density at radius 1 is 1.11 bits per heavy atom. The predicted molar refractivity (Wildman–Crippen MR) is 78.3 cm³/mol. The summed E-state index contributed by atoms with van der Waals surface area (Å²) in [5.74, 6) is 0. The molecule has 0 aromatic heterocycles. The van der Waals surface area contributed by atoms with Crippen LogP contribution in [0.1, 0.15) is 22.7 Å². The van der Waals surface area contributed by atoms with Crippen LogP contribution in [-0.2, 0) is 6.42 Å². The van der Waals surface area contributed by atoms with E-state index in [1.165, 1.54) is 11.1 Å². The Morgan fingerprint density at radius 3 is 2.56 bits per heavy atom. The van der Waals surface area contributed by atoms with Gasteiger partial charge in [0.2, 0.25) is 0 Å². The van der Waals surface area contributed by atoms with Gasteiger partial charge < -0.3 is 5.73 Å². The van der Waals surface area contributed by atoms with Gasteiger partial charge in [0.1, 0.15) is 0 Å². The Morgan fingerprint density at radius 2 is 1.83 bits per heavy atom. The van der Waals surface area contributed by atoms with Gasteiger partial charge in [-0.2, -0.15) is 0 Å². The van der Waals surface area contributed by atoms with E-state index in [0.29, 0.717) is 10.0 Å². The molecule has 3 heteroatoms. The van der Waals surface area contributed by atoms with E-state index in [0.717, 1.165) is 12.0 Å². The smallest absolute Gasteiger partial charge is 0.0640 e. The highest BCUT2D eigenvalue weighted by molar-refractivity contribution is 6.42. The molecule has 1 unspecified atom stereocenters. The number of hydrogen-bond acceptors (Lipinski definition) is 1. The van der Waals surface area contributed by atoms with Crippen molar-refractivity contribution in [1.29, 1.82) is 0 Å². The van der Waals surface area contributed by atoms with Crippen molar-refractivity contribution in [1.82, 2.24) is 0 Å². The van der Waals surface area contributed by atoms with E-state index < -0.39 is 0 Å².